The Balaban J connectivity index is 2.76. The summed E-state index contributed by atoms with van der Waals surface area (Å²) in [5.74, 6) is -1.39. The van der Waals surface area contributed by atoms with Crippen molar-refractivity contribution in [3.63, 3.8) is 0 Å². The molecule has 0 aliphatic heterocycles. The molecule has 1 aromatic rings. The number of hydrogen-bond acceptors (Lipinski definition) is 4. The van der Waals surface area contributed by atoms with Crippen molar-refractivity contribution in [1.29, 1.82) is 0 Å². The fourth-order valence-electron chi connectivity index (χ4n) is 1.56. The number of carbonyl (C=O) groups is 2. The summed E-state index contributed by atoms with van der Waals surface area (Å²) in [7, 11) is 1.38. The van der Waals surface area contributed by atoms with Crippen molar-refractivity contribution in [2.75, 3.05) is 7.11 Å². The number of Topliss-reactive ketones (excluding diaryl/α,β-unsaturated/α-hetero) is 2. The van der Waals surface area contributed by atoms with Crippen molar-refractivity contribution in [2.45, 2.75) is 0 Å². The van der Waals surface area contributed by atoms with Gasteiger partial charge in [-0.2, -0.15) is 0 Å². The highest BCUT2D eigenvalue weighted by atomic mass is 35.5. The number of ketones is 2. The number of benzene rings is 1. The summed E-state index contributed by atoms with van der Waals surface area (Å²) in [6.45, 7) is 0. The van der Waals surface area contributed by atoms with Crippen LogP contribution in [0.4, 0.5) is 0 Å². The molecule has 88 valence electrons. The molecule has 0 spiro atoms. The van der Waals surface area contributed by atoms with E-state index < -0.39 is 11.6 Å². The fourth-order valence-corrected chi connectivity index (χ4v) is 1.93. The third-order valence-corrected chi connectivity index (χ3v) is 3.21. The van der Waals surface area contributed by atoms with Crippen LogP contribution in [0.2, 0.25) is 0 Å². The molecular weight excluding hydrogens is 267 g/mol. The first-order valence-corrected chi connectivity index (χ1v) is 5.28. The molecule has 0 radical (unpaired) electrons. The molecule has 0 aromatic heterocycles. The normalized spacial score (nSPS) is 15.0. The average molecular weight is 273 g/mol. The predicted octanol–water partition coefficient (Wildman–Crippen LogP) is 2.47. The first-order valence-electron chi connectivity index (χ1n) is 4.53. The summed E-state index contributed by atoms with van der Waals surface area (Å²) in [5.41, 5.74) is -0.161. The minimum atomic E-state index is -0.675. The van der Waals surface area contributed by atoms with E-state index in [9.17, 15) is 14.7 Å². The second-order valence-electron chi connectivity index (χ2n) is 3.36. The van der Waals surface area contributed by atoms with E-state index in [-0.39, 0.29) is 32.7 Å². The molecule has 17 heavy (non-hydrogen) atoms. The smallest absolute Gasteiger partial charge is 0.210 e. The van der Waals surface area contributed by atoms with E-state index in [4.69, 9.17) is 27.9 Å². The monoisotopic (exact) mass is 272 g/mol. The number of allylic oxidation sites excluding steroid dienone is 2. The number of halogens is 2. The van der Waals surface area contributed by atoms with Gasteiger partial charge in [-0.05, 0) is 6.07 Å². The molecule has 1 N–H and O–H groups in total. The number of fused-ring (bicyclic) bond motifs is 1. The van der Waals surface area contributed by atoms with Crippen LogP contribution in [0.5, 0.6) is 11.5 Å². The summed E-state index contributed by atoms with van der Waals surface area (Å²) in [5, 5.41) is 8.95. The van der Waals surface area contributed by atoms with Crippen LogP contribution in [0.15, 0.2) is 22.2 Å². The number of hydrogen-bond donors (Lipinski definition) is 1. The van der Waals surface area contributed by atoms with Crippen molar-refractivity contribution >= 4 is 34.8 Å². The largest absolute Gasteiger partial charge is 0.507 e. The van der Waals surface area contributed by atoms with E-state index >= 15 is 0 Å². The highest BCUT2D eigenvalue weighted by Gasteiger charge is 2.33. The molecule has 1 aliphatic rings. The van der Waals surface area contributed by atoms with E-state index in [0.717, 1.165) is 0 Å². The maximum absolute atomic E-state index is 11.8. The second kappa shape index (κ2) is 4.05. The van der Waals surface area contributed by atoms with E-state index in [1.54, 1.807) is 0 Å². The van der Waals surface area contributed by atoms with Crippen molar-refractivity contribution in [3.8, 4) is 11.5 Å². The zero-order valence-electron chi connectivity index (χ0n) is 8.58. The van der Waals surface area contributed by atoms with E-state index in [1.807, 2.05) is 0 Å². The first kappa shape index (κ1) is 12.0. The van der Waals surface area contributed by atoms with Gasteiger partial charge in [-0.15, -0.1) is 0 Å². The maximum atomic E-state index is 11.8. The molecule has 0 amide bonds. The van der Waals surface area contributed by atoms with E-state index in [0.29, 0.717) is 0 Å². The third-order valence-electron chi connectivity index (χ3n) is 2.39. The van der Waals surface area contributed by atoms with Crippen LogP contribution in [-0.4, -0.2) is 23.8 Å². The molecule has 6 heteroatoms. The number of phenols is 1. The second-order valence-corrected chi connectivity index (χ2v) is 4.11. The van der Waals surface area contributed by atoms with Crippen LogP contribution >= 0.6 is 23.2 Å². The fraction of sp³-hybridized carbons (Fsp3) is 0.0909. The SMILES string of the molecule is COc1cc(O)c2c(c1)C(=O)C(Cl)=C(Cl)C2=O. The summed E-state index contributed by atoms with van der Waals surface area (Å²) in [6.07, 6.45) is 0. The minimum absolute atomic E-state index is 0.0127. The Hall–Kier alpha value is -1.52. The molecule has 0 saturated heterocycles. The molecule has 1 aromatic carbocycles. The number of methoxy groups -OCH3 is 1. The highest BCUT2D eigenvalue weighted by molar-refractivity contribution is 6.59. The molecule has 0 heterocycles. The van der Waals surface area contributed by atoms with Gasteiger partial charge in [0.15, 0.2) is 0 Å². The number of aromatic hydroxyl groups is 1. The number of rotatable bonds is 1. The lowest BCUT2D eigenvalue weighted by Gasteiger charge is -2.16. The molecule has 0 unspecified atom stereocenters. The zero-order chi connectivity index (χ0) is 12.7. The van der Waals surface area contributed by atoms with Crippen LogP contribution in [0.1, 0.15) is 20.7 Å². The van der Waals surface area contributed by atoms with Gasteiger partial charge in [0, 0.05) is 11.6 Å². The lowest BCUT2D eigenvalue weighted by atomic mass is 9.93. The van der Waals surface area contributed by atoms with Crippen LogP contribution < -0.4 is 4.74 Å². The van der Waals surface area contributed by atoms with Gasteiger partial charge in [-0.25, -0.2) is 0 Å². The molecule has 2 rings (SSSR count). The van der Waals surface area contributed by atoms with Gasteiger partial charge < -0.3 is 9.84 Å². The summed E-state index contributed by atoms with van der Waals surface area (Å²) >= 11 is 11.3. The molecule has 0 bridgehead atoms. The van der Waals surface area contributed by atoms with Gasteiger partial charge in [0.25, 0.3) is 0 Å². The van der Waals surface area contributed by atoms with Crippen LogP contribution in [0, 0.1) is 0 Å². The summed E-state index contributed by atoms with van der Waals surface area (Å²) < 4.78 is 4.89. The van der Waals surface area contributed by atoms with Crippen molar-refractivity contribution in [3.05, 3.63) is 33.3 Å². The minimum Gasteiger partial charge on any atom is -0.507 e. The van der Waals surface area contributed by atoms with E-state index in [2.05, 4.69) is 0 Å². The van der Waals surface area contributed by atoms with Crippen molar-refractivity contribution in [1.82, 2.24) is 0 Å². The lowest BCUT2D eigenvalue weighted by molar-refractivity contribution is 0.0984. The van der Waals surface area contributed by atoms with Gasteiger partial charge in [0.1, 0.15) is 21.6 Å². The van der Waals surface area contributed by atoms with Crippen LogP contribution in [0.25, 0.3) is 0 Å². The Labute approximate surface area is 106 Å². The van der Waals surface area contributed by atoms with Gasteiger partial charge in [0.05, 0.1) is 12.7 Å². The molecule has 0 fully saturated rings. The third kappa shape index (κ3) is 1.69. The Bertz CT molecular complexity index is 575. The topological polar surface area (TPSA) is 63.6 Å². The Morgan fingerprint density at radius 1 is 1.12 bits per heavy atom. The van der Waals surface area contributed by atoms with Gasteiger partial charge in [-0.3, -0.25) is 9.59 Å². The highest BCUT2D eigenvalue weighted by Crippen LogP contribution is 2.37. The molecule has 1 aliphatic carbocycles. The van der Waals surface area contributed by atoms with Gasteiger partial charge in [-0.1, -0.05) is 23.2 Å². The number of ether oxygens (including phenoxy) is 1. The van der Waals surface area contributed by atoms with Crippen LogP contribution in [0.3, 0.4) is 0 Å². The quantitative estimate of drug-likeness (QED) is 0.853. The molecule has 0 saturated carbocycles. The first-order chi connectivity index (χ1) is 7.97. The Morgan fingerprint density at radius 2 is 1.71 bits per heavy atom. The van der Waals surface area contributed by atoms with E-state index in [1.165, 1.54) is 19.2 Å². The Morgan fingerprint density at radius 3 is 2.29 bits per heavy atom. The zero-order valence-corrected chi connectivity index (χ0v) is 10.1. The number of phenolic OH excluding ortho intramolecular Hbond substituents is 1. The average Bonchev–Trinajstić information content (AvgIpc) is 2.32. The Kier molecular flexibility index (Phi) is 2.85. The van der Waals surface area contributed by atoms with Crippen molar-refractivity contribution in [2.24, 2.45) is 0 Å². The van der Waals surface area contributed by atoms with Crippen molar-refractivity contribution < 1.29 is 19.4 Å². The summed E-state index contributed by atoms with van der Waals surface area (Å²) in [6, 6.07) is 2.56. The molecule has 0 atom stereocenters. The maximum Gasteiger partial charge on any atom is 0.210 e. The predicted molar refractivity (Wildman–Crippen MR) is 62.1 cm³/mol. The van der Waals surface area contributed by atoms with Crippen LogP contribution in [-0.2, 0) is 0 Å². The standard InChI is InChI=1S/C11H6Cl2O4/c1-17-4-2-5-7(6(14)3-4)11(16)9(13)8(12)10(5)15/h2-3,14H,1H3. The number of carbonyl (C=O) groups excluding carboxylic acids is 2. The summed E-state index contributed by atoms with van der Waals surface area (Å²) in [4.78, 5) is 23.6. The molecule has 4 nitrogen and oxygen atoms in total. The van der Waals surface area contributed by atoms with Gasteiger partial charge >= 0.3 is 0 Å². The molecular formula is C11H6Cl2O4. The lowest BCUT2D eigenvalue weighted by Crippen LogP contribution is -2.18. The van der Waals surface area contributed by atoms with Gasteiger partial charge in [0.2, 0.25) is 11.6 Å².